The van der Waals surface area contributed by atoms with Gasteiger partial charge in [0.25, 0.3) is 0 Å². The number of phenolic OH excluding ortho intramolecular Hbond substituents is 1. The normalized spacial score (nSPS) is 10.9. The topological polar surface area (TPSA) is 34.4 Å². The van der Waals surface area contributed by atoms with Gasteiger partial charge in [-0.05, 0) is 48.5 Å². The van der Waals surface area contributed by atoms with Gasteiger partial charge in [-0.15, -0.1) is 0 Å². The second kappa shape index (κ2) is 4.89. The van der Waals surface area contributed by atoms with Crippen LogP contribution in [0.15, 0.2) is 48.5 Å². The zero-order valence-corrected chi connectivity index (χ0v) is 11.0. The molecule has 0 atom stereocenters. The summed E-state index contributed by atoms with van der Waals surface area (Å²) >= 11 is 0. The minimum atomic E-state index is -0.242. The van der Waals surface area contributed by atoms with E-state index in [2.05, 4.69) is 0 Å². The van der Waals surface area contributed by atoms with E-state index in [0.717, 1.165) is 16.6 Å². The first-order chi connectivity index (χ1) is 9.63. The Kier molecular flexibility index (Phi) is 3.06. The minimum Gasteiger partial charge on any atom is -0.508 e. The summed E-state index contributed by atoms with van der Waals surface area (Å²) in [7, 11) is 1.93. The lowest BCUT2D eigenvalue weighted by atomic mass is 10.2. The van der Waals surface area contributed by atoms with Crippen molar-refractivity contribution < 1.29 is 14.2 Å². The van der Waals surface area contributed by atoms with Crippen molar-refractivity contribution in [1.29, 1.82) is 0 Å². The number of aromatic nitrogens is 1. The van der Waals surface area contributed by atoms with Gasteiger partial charge in [-0.3, -0.25) is 0 Å². The highest BCUT2D eigenvalue weighted by Crippen LogP contribution is 2.22. The van der Waals surface area contributed by atoms with E-state index in [1.165, 1.54) is 12.1 Å². The SMILES string of the molecule is Cn1c(COc2ccc(O)cc2)cc2cc(F)ccc21. The molecule has 0 aliphatic heterocycles. The zero-order chi connectivity index (χ0) is 14.1. The summed E-state index contributed by atoms with van der Waals surface area (Å²) in [6.45, 7) is 0.386. The highest BCUT2D eigenvalue weighted by molar-refractivity contribution is 5.81. The lowest BCUT2D eigenvalue weighted by Gasteiger charge is -2.07. The maximum absolute atomic E-state index is 13.2. The van der Waals surface area contributed by atoms with Crippen LogP contribution in [0.4, 0.5) is 4.39 Å². The Morgan fingerprint density at radius 1 is 1.10 bits per heavy atom. The molecule has 0 amide bonds. The molecule has 0 saturated carbocycles. The predicted molar refractivity (Wildman–Crippen MR) is 75.3 cm³/mol. The highest BCUT2D eigenvalue weighted by atomic mass is 19.1. The van der Waals surface area contributed by atoms with Crippen molar-refractivity contribution in [1.82, 2.24) is 4.57 Å². The second-order valence-electron chi connectivity index (χ2n) is 4.68. The maximum Gasteiger partial charge on any atom is 0.128 e. The number of aromatic hydroxyl groups is 1. The van der Waals surface area contributed by atoms with Gasteiger partial charge in [-0.2, -0.15) is 0 Å². The molecule has 0 aliphatic carbocycles. The van der Waals surface area contributed by atoms with Crippen LogP contribution in [0.25, 0.3) is 10.9 Å². The van der Waals surface area contributed by atoms with Crippen LogP contribution in [0.5, 0.6) is 11.5 Å². The molecule has 4 heteroatoms. The van der Waals surface area contributed by atoms with Crippen LogP contribution in [0.2, 0.25) is 0 Å². The number of ether oxygens (including phenoxy) is 1. The molecule has 0 spiro atoms. The van der Waals surface area contributed by atoms with Crippen molar-refractivity contribution in [3.05, 3.63) is 60.0 Å². The molecule has 20 heavy (non-hydrogen) atoms. The summed E-state index contributed by atoms with van der Waals surface area (Å²) in [6, 6.07) is 13.2. The first-order valence-corrected chi connectivity index (χ1v) is 6.29. The Balaban J connectivity index is 1.84. The van der Waals surface area contributed by atoms with Gasteiger partial charge in [0.1, 0.15) is 23.9 Å². The Morgan fingerprint density at radius 3 is 2.60 bits per heavy atom. The van der Waals surface area contributed by atoms with E-state index in [1.54, 1.807) is 30.3 Å². The molecule has 2 aromatic carbocycles. The minimum absolute atomic E-state index is 0.206. The van der Waals surface area contributed by atoms with Crippen LogP contribution < -0.4 is 4.74 Å². The van der Waals surface area contributed by atoms with Gasteiger partial charge in [-0.25, -0.2) is 4.39 Å². The molecule has 0 unspecified atom stereocenters. The molecule has 0 radical (unpaired) electrons. The van der Waals surface area contributed by atoms with E-state index < -0.39 is 0 Å². The molecule has 0 fully saturated rings. The Labute approximate surface area is 115 Å². The van der Waals surface area contributed by atoms with Crippen molar-refractivity contribution in [3.63, 3.8) is 0 Å². The molecule has 0 saturated heterocycles. The van der Waals surface area contributed by atoms with Gasteiger partial charge >= 0.3 is 0 Å². The average molecular weight is 271 g/mol. The van der Waals surface area contributed by atoms with Crippen molar-refractivity contribution >= 4 is 10.9 Å². The number of hydrogen-bond donors (Lipinski definition) is 1. The summed E-state index contributed by atoms with van der Waals surface area (Å²) in [5.41, 5.74) is 1.93. The maximum atomic E-state index is 13.2. The second-order valence-corrected chi connectivity index (χ2v) is 4.68. The molecule has 0 bridgehead atoms. The summed E-state index contributed by atoms with van der Waals surface area (Å²) in [5.74, 6) is 0.644. The Morgan fingerprint density at radius 2 is 1.85 bits per heavy atom. The molecule has 3 aromatic rings. The van der Waals surface area contributed by atoms with E-state index in [1.807, 2.05) is 17.7 Å². The summed E-state index contributed by atoms with van der Waals surface area (Å²) < 4.78 is 20.8. The summed E-state index contributed by atoms with van der Waals surface area (Å²) in [5, 5.41) is 10.1. The average Bonchev–Trinajstić information content (AvgIpc) is 2.74. The monoisotopic (exact) mass is 271 g/mol. The fourth-order valence-corrected chi connectivity index (χ4v) is 2.22. The van der Waals surface area contributed by atoms with E-state index in [0.29, 0.717) is 12.4 Å². The molecule has 1 N–H and O–H groups in total. The number of aryl methyl sites for hydroxylation is 1. The predicted octanol–water partition coefficient (Wildman–Crippen LogP) is 3.60. The molecular weight excluding hydrogens is 257 g/mol. The van der Waals surface area contributed by atoms with E-state index in [-0.39, 0.29) is 11.6 Å². The van der Waals surface area contributed by atoms with Gasteiger partial charge in [0.2, 0.25) is 0 Å². The van der Waals surface area contributed by atoms with Gasteiger partial charge in [0, 0.05) is 18.0 Å². The molecule has 1 aromatic heterocycles. The number of fused-ring (bicyclic) bond motifs is 1. The first kappa shape index (κ1) is 12.5. The summed E-state index contributed by atoms with van der Waals surface area (Å²) in [6.07, 6.45) is 0. The van der Waals surface area contributed by atoms with Crippen LogP contribution in [0.1, 0.15) is 5.69 Å². The van der Waals surface area contributed by atoms with Crippen molar-refractivity contribution in [2.45, 2.75) is 6.61 Å². The van der Waals surface area contributed by atoms with Gasteiger partial charge < -0.3 is 14.4 Å². The summed E-state index contributed by atoms with van der Waals surface area (Å²) in [4.78, 5) is 0. The van der Waals surface area contributed by atoms with Crippen LogP contribution in [0, 0.1) is 5.82 Å². The van der Waals surface area contributed by atoms with Crippen LogP contribution >= 0.6 is 0 Å². The molecule has 0 aliphatic rings. The van der Waals surface area contributed by atoms with Gasteiger partial charge in [0.15, 0.2) is 0 Å². The Hall–Kier alpha value is -2.49. The zero-order valence-electron chi connectivity index (χ0n) is 11.0. The lowest BCUT2D eigenvalue weighted by Crippen LogP contribution is -2.01. The molecule has 3 nitrogen and oxygen atoms in total. The third kappa shape index (κ3) is 2.32. The van der Waals surface area contributed by atoms with E-state index in [9.17, 15) is 9.50 Å². The van der Waals surface area contributed by atoms with E-state index >= 15 is 0 Å². The van der Waals surface area contributed by atoms with Crippen LogP contribution in [0.3, 0.4) is 0 Å². The molecule has 102 valence electrons. The van der Waals surface area contributed by atoms with Crippen molar-refractivity contribution in [2.75, 3.05) is 0 Å². The van der Waals surface area contributed by atoms with Crippen molar-refractivity contribution in [3.8, 4) is 11.5 Å². The fraction of sp³-hybridized carbons (Fsp3) is 0.125. The smallest absolute Gasteiger partial charge is 0.128 e. The molecule has 1 heterocycles. The van der Waals surface area contributed by atoms with Crippen LogP contribution in [-0.4, -0.2) is 9.67 Å². The molecular formula is C16H14FNO2. The largest absolute Gasteiger partial charge is 0.508 e. The van der Waals surface area contributed by atoms with Gasteiger partial charge in [0.05, 0.1) is 5.69 Å². The third-order valence-corrected chi connectivity index (χ3v) is 3.33. The van der Waals surface area contributed by atoms with E-state index in [4.69, 9.17) is 4.74 Å². The fourth-order valence-electron chi connectivity index (χ4n) is 2.22. The number of nitrogens with zero attached hydrogens (tertiary/aromatic N) is 1. The number of hydrogen-bond acceptors (Lipinski definition) is 2. The quantitative estimate of drug-likeness (QED) is 0.789. The third-order valence-electron chi connectivity index (χ3n) is 3.33. The lowest BCUT2D eigenvalue weighted by molar-refractivity contribution is 0.297. The number of benzene rings is 2. The number of phenols is 1. The molecule has 3 rings (SSSR count). The Bertz CT molecular complexity index is 747. The number of rotatable bonds is 3. The highest BCUT2D eigenvalue weighted by Gasteiger charge is 2.07. The van der Waals surface area contributed by atoms with Crippen molar-refractivity contribution in [2.24, 2.45) is 7.05 Å². The standard InChI is InChI=1S/C16H14FNO2/c1-18-13(9-11-8-12(17)2-7-16(11)18)10-20-15-5-3-14(19)4-6-15/h2-9,19H,10H2,1H3. The van der Waals surface area contributed by atoms with Crippen LogP contribution in [-0.2, 0) is 13.7 Å². The number of halogens is 1. The van der Waals surface area contributed by atoms with Gasteiger partial charge in [-0.1, -0.05) is 0 Å². The first-order valence-electron chi connectivity index (χ1n) is 6.29.